The van der Waals surface area contributed by atoms with Crippen LogP contribution in [0.4, 0.5) is 0 Å². The fraction of sp³-hybridized carbons (Fsp3) is 0.333. The molecule has 1 fully saturated rings. The van der Waals surface area contributed by atoms with Crippen molar-refractivity contribution in [1.29, 1.82) is 0 Å². The molecule has 3 heteroatoms. The average molecular weight is 282 g/mol. The highest BCUT2D eigenvalue weighted by molar-refractivity contribution is 5.37. The monoisotopic (exact) mass is 282 g/mol. The van der Waals surface area contributed by atoms with Gasteiger partial charge in [0, 0.05) is 5.41 Å². The number of benzene rings is 2. The molecular weight excluding hydrogens is 260 g/mol. The predicted molar refractivity (Wildman–Crippen MR) is 85.0 cm³/mol. The Labute approximate surface area is 126 Å². The van der Waals surface area contributed by atoms with Gasteiger partial charge < -0.3 is 4.74 Å². The molecule has 0 heterocycles. The standard InChI is InChI=1S/C18H22N2O/c1-21-16-10-8-14(9-11-16)17(20-19)18(12-5-13-18)15-6-3-2-4-7-15/h2-4,6-11,17,20H,5,12-13,19H2,1H3. The zero-order valence-corrected chi connectivity index (χ0v) is 12.4. The molecule has 0 aromatic heterocycles. The largest absolute Gasteiger partial charge is 0.497 e. The zero-order chi connectivity index (χ0) is 14.7. The zero-order valence-electron chi connectivity index (χ0n) is 12.4. The Bertz CT molecular complexity index is 576. The maximum Gasteiger partial charge on any atom is 0.118 e. The highest BCUT2D eigenvalue weighted by Crippen LogP contribution is 2.51. The third-order valence-corrected chi connectivity index (χ3v) is 4.76. The SMILES string of the molecule is COc1ccc(C(NN)C2(c3ccccc3)CCC2)cc1. The number of nitrogens with one attached hydrogen (secondary N) is 1. The lowest BCUT2D eigenvalue weighted by Gasteiger charge is -2.48. The number of hydrogen-bond acceptors (Lipinski definition) is 3. The van der Waals surface area contributed by atoms with Crippen molar-refractivity contribution in [3.63, 3.8) is 0 Å². The van der Waals surface area contributed by atoms with Crippen LogP contribution in [0.2, 0.25) is 0 Å². The quantitative estimate of drug-likeness (QED) is 0.653. The lowest BCUT2D eigenvalue weighted by Crippen LogP contribution is -2.48. The normalized spacial score (nSPS) is 17.8. The van der Waals surface area contributed by atoms with E-state index in [4.69, 9.17) is 10.6 Å². The molecule has 0 bridgehead atoms. The van der Waals surface area contributed by atoms with E-state index >= 15 is 0 Å². The number of hydrazine groups is 1. The first kappa shape index (κ1) is 14.1. The molecule has 3 nitrogen and oxygen atoms in total. The molecule has 2 aromatic rings. The molecule has 1 aliphatic carbocycles. The van der Waals surface area contributed by atoms with Crippen LogP contribution < -0.4 is 16.0 Å². The number of methoxy groups -OCH3 is 1. The topological polar surface area (TPSA) is 47.3 Å². The highest BCUT2D eigenvalue weighted by Gasteiger charge is 2.45. The van der Waals surface area contributed by atoms with Gasteiger partial charge >= 0.3 is 0 Å². The van der Waals surface area contributed by atoms with Gasteiger partial charge in [-0.2, -0.15) is 0 Å². The van der Waals surface area contributed by atoms with Crippen molar-refractivity contribution >= 4 is 0 Å². The van der Waals surface area contributed by atoms with Crippen LogP contribution in [0.1, 0.15) is 36.4 Å². The van der Waals surface area contributed by atoms with Gasteiger partial charge in [0.25, 0.3) is 0 Å². The Morgan fingerprint density at radius 3 is 2.19 bits per heavy atom. The van der Waals surface area contributed by atoms with Crippen LogP contribution >= 0.6 is 0 Å². The van der Waals surface area contributed by atoms with E-state index in [9.17, 15) is 0 Å². The maximum atomic E-state index is 5.93. The molecule has 0 radical (unpaired) electrons. The first-order valence-electron chi connectivity index (χ1n) is 7.46. The van der Waals surface area contributed by atoms with Crippen LogP contribution in [0.15, 0.2) is 54.6 Å². The molecule has 0 aliphatic heterocycles. The molecule has 21 heavy (non-hydrogen) atoms. The molecule has 2 aromatic carbocycles. The van der Waals surface area contributed by atoms with Crippen molar-refractivity contribution in [3.8, 4) is 5.75 Å². The molecule has 1 unspecified atom stereocenters. The number of rotatable bonds is 5. The highest BCUT2D eigenvalue weighted by atomic mass is 16.5. The van der Waals surface area contributed by atoms with Gasteiger partial charge in [0.05, 0.1) is 13.2 Å². The number of ether oxygens (including phenoxy) is 1. The smallest absolute Gasteiger partial charge is 0.118 e. The van der Waals surface area contributed by atoms with Crippen LogP contribution in [-0.2, 0) is 5.41 Å². The van der Waals surface area contributed by atoms with Gasteiger partial charge in [-0.15, -0.1) is 0 Å². The van der Waals surface area contributed by atoms with E-state index < -0.39 is 0 Å². The van der Waals surface area contributed by atoms with Gasteiger partial charge in [-0.05, 0) is 36.1 Å². The van der Waals surface area contributed by atoms with Crippen LogP contribution in [-0.4, -0.2) is 7.11 Å². The molecule has 1 aliphatic rings. The minimum Gasteiger partial charge on any atom is -0.497 e. The number of hydrogen-bond donors (Lipinski definition) is 2. The van der Waals surface area contributed by atoms with Crippen LogP contribution in [0.25, 0.3) is 0 Å². The van der Waals surface area contributed by atoms with Crippen LogP contribution in [0.5, 0.6) is 5.75 Å². The molecular formula is C18H22N2O. The van der Waals surface area contributed by atoms with E-state index in [0.717, 1.165) is 18.6 Å². The Balaban J connectivity index is 1.97. The Morgan fingerprint density at radius 2 is 1.71 bits per heavy atom. The first-order chi connectivity index (χ1) is 10.3. The molecule has 0 spiro atoms. The summed E-state index contributed by atoms with van der Waals surface area (Å²) in [5, 5.41) is 0. The van der Waals surface area contributed by atoms with E-state index in [-0.39, 0.29) is 11.5 Å². The lowest BCUT2D eigenvalue weighted by atomic mass is 9.59. The van der Waals surface area contributed by atoms with Crippen LogP contribution in [0, 0.1) is 0 Å². The third kappa shape index (κ3) is 2.43. The van der Waals surface area contributed by atoms with Gasteiger partial charge in [0.2, 0.25) is 0 Å². The van der Waals surface area contributed by atoms with Crippen molar-refractivity contribution in [3.05, 3.63) is 65.7 Å². The lowest BCUT2D eigenvalue weighted by molar-refractivity contribution is 0.170. The average Bonchev–Trinajstić information content (AvgIpc) is 2.52. The summed E-state index contributed by atoms with van der Waals surface area (Å²) in [4.78, 5) is 0. The van der Waals surface area contributed by atoms with E-state index in [1.807, 2.05) is 12.1 Å². The maximum absolute atomic E-state index is 5.93. The summed E-state index contributed by atoms with van der Waals surface area (Å²) in [5.74, 6) is 6.80. The summed E-state index contributed by atoms with van der Waals surface area (Å²) in [5.41, 5.74) is 5.74. The minimum atomic E-state index is 0.102. The molecule has 110 valence electrons. The molecule has 0 saturated heterocycles. The summed E-state index contributed by atoms with van der Waals surface area (Å²) in [6.07, 6.45) is 3.58. The van der Waals surface area contributed by atoms with E-state index in [1.54, 1.807) is 7.11 Å². The summed E-state index contributed by atoms with van der Waals surface area (Å²) in [7, 11) is 1.69. The summed E-state index contributed by atoms with van der Waals surface area (Å²) in [6, 6.07) is 19.0. The first-order valence-corrected chi connectivity index (χ1v) is 7.46. The van der Waals surface area contributed by atoms with E-state index in [1.165, 1.54) is 17.5 Å². The number of nitrogens with two attached hydrogens (primary N) is 1. The summed E-state index contributed by atoms with van der Waals surface area (Å²) < 4.78 is 5.24. The Morgan fingerprint density at radius 1 is 1.05 bits per heavy atom. The summed E-state index contributed by atoms with van der Waals surface area (Å²) >= 11 is 0. The van der Waals surface area contributed by atoms with Gasteiger partial charge in [0.15, 0.2) is 0 Å². The Hall–Kier alpha value is -1.84. The second-order valence-corrected chi connectivity index (χ2v) is 5.75. The Kier molecular flexibility index (Phi) is 3.95. The van der Waals surface area contributed by atoms with Crippen molar-refractivity contribution in [2.45, 2.75) is 30.7 Å². The second kappa shape index (κ2) is 5.88. The summed E-state index contributed by atoms with van der Waals surface area (Å²) in [6.45, 7) is 0. The fourth-order valence-electron chi connectivity index (χ4n) is 3.44. The molecule has 1 saturated carbocycles. The van der Waals surface area contributed by atoms with Gasteiger partial charge in [0.1, 0.15) is 5.75 Å². The molecule has 0 amide bonds. The second-order valence-electron chi connectivity index (χ2n) is 5.75. The molecule has 3 N–H and O–H groups in total. The molecule has 1 atom stereocenters. The van der Waals surface area contributed by atoms with Gasteiger partial charge in [-0.1, -0.05) is 48.9 Å². The predicted octanol–water partition coefficient (Wildman–Crippen LogP) is 3.32. The third-order valence-electron chi connectivity index (χ3n) is 4.76. The van der Waals surface area contributed by atoms with E-state index in [2.05, 4.69) is 47.9 Å². The minimum absolute atomic E-state index is 0.102. The van der Waals surface area contributed by atoms with Crippen molar-refractivity contribution in [1.82, 2.24) is 5.43 Å². The van der Waals surface area contributed by atoms with Gasteiger partial charge in [-0.3, -0.25) is 11.3 Å². The van der Waals surface area contributed by atoms with Gasteiger partial charge in [-0.25, -0.2) is 0 Å². The van der Waals surface area contributed by atoms with E-state index in [0.29, 0.717) is 0 Å². The fourth-order valence-corrected chi connectivity index (χ4v) is 3.44. The van der Waals surface area contributed by atoms with Crippen molar-refractivity contribution < 1.29 is 4.74 Å². The van der Waals surface area contributed by atoms with Crippen molar-refractivity contribution in [2.75, 3.05) is 7.11 Å². The molecule has 3 rings (SSSR count). The van der Waals surface area contributed by atoms with Crippen LogP contribution in [0.3, 0.4) is 0 Å². The van der Waals surface area contributed by atoms with Crippen molar-refractivity contribution in [2.24, 2.45) is 5.84 Å².